The van der Waals surface area contributed by atoms with Crippen molar-refractivity contribution in [2.24, 2.45) is 5.73 Å². The van der Waals surface area contributed by atoms with Crippen LogP contribution in [0.4, 0.5) is 5.82 Å². The summed E-state index contributed by atoms with van der Waals surface area (Å²) in [6.45, 7) is 0.839. The molecule has 0 aliphatic carbocycles. The Balaban J connectivity index is 2.08. The number of hydrogen-bond donors (Lipinski definition) is 1. The van der Waals surface area contributed by atoms with E-state index in [9.17, 15) is 4.79 Å². The van der Waals surface area contributed by atoms with E-state index in [2.05, 4.69) is 4.98 Å². The fourth-order valence-corrected chi connectivity index (χ4v) is 2.49. The van der Waals surface area contributed by atoms with Crippen LogP contribution in [-0.4, -0.2) is 27.9 Å². The van der Waals surface area contributed by atoms with Crippen LogP contribution in [0, 0.1) is 0 Å². The van der Waals surface area contributed by atoms with Gasteiger partial charge < -0.3 is 15.0 Å². The van der Waals surface area contributed by atoms with Gasteiger partial charge in [-0.15, -0.1) is 0 Å². The molecule has 1 atom stereocenters. The van der Waals surface area contributed by atoms with E-state index >= 15 is 0 Å². The van der Waals surface area contributed by atoms with Crippen LogP contribution < -0.4 is 10.6 Å². The lowest BCUT2D eigenvalue weighted by Crippen LogP contribution is -2.40. The molecule has 2 aromatic heterocycles. The van der Waals surface area contributed by atoms with Gasteiger partial charge in [-0.05, 0) is 25.0 Å². The zero-order valence-electron chi connectivity index (χ0n) is 9.41. The molecular formula is C12H14N4O. The molecule has 5 nitrogen and oxygen atoms in total. The second-order valence-corrected chi connectivity index (χ2v) is 4.31. The first kappa shape index (κ1) is 10.1. The van der Waals surface area contributed by atoms with E-state index in [-0.39, 0.29) is 11.9 Å². The van der Waals surface area contributed by atoms with Gasteiger partial charge in [-0.1, -0.05) is 0 Å². The van der Waals surface area contributed by atoms with Gasteiger partial charge in [0.15, 0.2) is 5.82 Å². The maximum Gasteiger partial charge on any atom is 0.240 e. The third kappa shape index (κ3) is 1.54. The van der Waals surface area contributed by atoms with E-state index < -0.39 is 0 Å². The molecule has 1 aliphatic heterocycles. The first-order valence-corrected chi connectivity index (χ1v) is 5.75. The van der Waals surface area contributed by atoms with Gasteiger partial charge in [0, 0.05) is 25.1 Å². The van der Waals surface area contributed by atoms with Crippen molar-refractivity contribution < 1.29 is 4.79 Å². The molecule has 1 unspecified atom stereocenters. The zero-order valence-corrected chi connectivity index (χ0v) is 9.41. The van der Waals surface area contributed by atoms with Gasteiger partial charge in [0.25, 0.3) is 0 Å². The van der Waals surface area contributed by atoms with Crippen LogP contribution in [0.5, 0.6) is 0 Å². The highest BCUT2D eigenvalue weighted by Crippen LogP contribution is 2.27. The van der Waals surface area contributed by atoms with Crippen LogP contribution in [0.3, 0.4) is 0 Å². The molecule has 88 valence electrons. The largest absolute Gasteiger partial charge is 0.368 e. The van der Waals surface area contributed by atoms with Crippen molar-refractivity contribution in [1.29, 1.82) is 0 Å². The Morgan fingerprint density at radius 3 is 3.18 bits per heavy atom. The predicted molar refractivity (Wildman–Crippen MR) is 64.8 cm³/mol. The average molecular weight is 230 g/mol. The monoisotopic (exact) mass is 230 g/mol. The Hall–Kier alpha value is -2.04. The van der Waals surface area contributed by atoms with Gasteiger partial charge in [0.05, 0.1) is 5.52 Å². The number of aromatic nitrogens is 2. The molecule has 0 bridgehead atoms. The van der Waals surface area contributed by atoms with Crippen molar-refractivity contribution in [3.05, 3.63) is 30.7 Å². The SMILES string of the molecule is NC(=O)C1CCCN1c1nccn2cccc12. The van der Waals surface area contributed by atoms with Gasteiger partial charge >= 0.3 is 0 Å². The van der Waals surface area contributed by atoms with E-state index in [0.717, 1.165) is 30.7 Å². The van der Waals surface area contributed by atoms with Gasteiger partial charge in [0.2, 0.25) is 5.91 Å². The third-order valence-corrected chi connectivity index (χ3v) is 3.29. The highest BCUT2D eigenvalue weighted by Gasteiger charge is 2.30. The van der Waals surface area contributed by atoms with Crippen LogP contribution >= 0.6 is 0 Å². The van der Waals surface area contributed by atoms with Crippen molar-refractivity contribution in [3.8, 4) is 0 Å². The molecule has 2 N–H and O–H groups in total. The van der Waals surface area contributed by atoms with Crippen LogP contribution in [0.15, 0.2) is 30.7 Å². The molecular weight excluding hydrogens is 216 g/mol. The maximum atomic E-state index is 11.4. The summed E-state index contributed by atoms with van der Waals surface area (Å²) in [7, 11) is 0. The Morgan fingerprint density at radius 1 is 1.47 bits per heavy atom. The molecule has 17 heavy (non-hydrogen) atoms. The Kier molecular flexibility index (Phi) is 2.24. The summed E-state index contributed by atoms with van der Waals surface area (Å²) in [5.41, 5.74) is 6.44. The summed E-state index contributed by atoms with van der Waals surface area (Å²) in [6, 6.07) is 3.75. The van der Waals surface area contributed by atoms with Crippen LogP contribution in [0.25, 0.3) is 5.52 Å². The van der Waals surface area contributed by atoms with E-state index in [4.69, 9.17) is 5.73 Å². The summed E-state index contributed by atoms with van der Waals surface area (Å²) >= 11 is 0. The quantitative estimate of drug-likeness (QED) is 0.829. The number of nitrogens with zero attached hydrogens (tertiary/aromatic N) is 3. The second kappa shape index (κ2) is 3.76. The normalized spacial score (nSPS) is 20.0. The maximum absolute atomic E-state index is 11.4. The van der Waals surface area contributed by atoms with Gasteiger partial charge in [-0.2, -0.15) is 0 Å². The first-order chi connectivity index (χ1) is 8.27. The van der Waals surface area contributed by atoms with E-state index in [1.54, 1.807) is 6.20 Å². The highest BCUT2D eigenvalue weighted by atomic mass is 16.1. The lowest BCUT2D eigenvalue weighted by atomic mass is 10.2. The first-order valence-electron chi connectivity index (χ1n) is 5.75. The summed E-state index contributed by atoms with van der Waals surface area (Å²) < 4.78 is 2.00. The number of fused-ring (bicyclic) bond motifs is 1. The van der Waals surface area contributed by atoms with Crippen molar-refractivity contribution in [3.63, 3.8) is 0 Å². The second-order valence-electron chi connectivity index (χ2n) is 4.31. The minimum atomic E-state index is -0.266. The molecule has 5 heteroatoms. The molecule has 0 spiro atoms. The number of carbonyl (C=O) groups is 1. The van der Waals surface area contributed by atoms with Crippen molar-refractivity contribution >= 4 is 17.2 Å². The average Bonchev–Trinajstić information content (AvgIpc) is 2.97. The Labute approximate surface area is 98.8 Å². The Bertz CT molecular complexity index is 562. The molecule has 2 aromatic rings. The number of hydrogen-bond acceptors (Lipinski definition) is 3. The molecule has 1 amide bonds. The van der Waals surface area contributed by atoms with E-state index in [1.807, 2.05) is 33.8 Å². The van der Waals surface area contributed by atoms with E-state index in [0.29, 0.717) is 0 Å². The Morgan fingerprint density at radius 2 is 2.35 bits per heavy atom. The molecule has 1 aliphatic rings. The number of primary amides is 1. The predicted octanol–water partition coefficient (Wildman–Crippen LogP) is 0.788. The van der Waals surface area contributed by atoms with Crippen molar-refractivity contribution in [2.45, 2.75) is 18.9 Å². The van der Waals surface area contributed by atoms with Crippen LogP contribution in [0.2, 0.25) is 0 Å². The minimum absolute atomic E-state index is 0.219. The fourth-order valence-electron chi connectivity index (χ4n) is 2.49. The smallest absolute Gasteiger partial charge is 0.240 e. The van der Waals surface area contributed by atoms with Gasteiger partial charge in [-0.3, -0.25) is 4.79 Å². The van der Waals surface area contributed by atoms with Crippen LogP contribution in [0.1, 0.15) is 12.8 Å². The van der Waals surface area contributed by atoms with Gasteiger partial charge in [-0.25, -0.2) is 4.98 Å². The summed E-state index contributed by atoms with van der Waals surface area (Å²) in [5, 5.41) is 0. The third-order valence-electron chi connectivity index (χ3n) is 3.29. The molecule has 0 saturated carbocycles. The molecule has 0 radical (unpaired) electrons. The highest BCUT2D eigenvalue weighted by molar-refractivity contribution is 5.86. The lowest BCUT2D eigenvalue weighted by molar-refractivity contribution is -0.119. The topological polar surface area (TPSA) is 63.6 Å². The minimum Gasteiger partial charge on any atom is -0.368 e. The van der Waals surface area contributed by atoms with Crippen LogP contribution in [-0.2, 0) is 4.79 Å². The van der Waals surface area contributed by atoms with E-state index in [1.165, 1.54) is 0 Å². The molecule has 1 fully saturated rings. The molecule has 3 heterocycles. The lowest BCUT2D eigenvalue weighted by Gasteiger charge is -2.23. The fraction of sp³-hybridized carbons (Fsp3) is 0.333. The number of amides is 1. The number of rotatable bonds is 2. The number of carbonyl (C=O) groups excluding carboxylic acids is 1. The standard InChI is InChI=1S/C12H14N4O/c13-11(17)9-3-2-7-16(9)12-10-4-1-6-15(10)8-5-14-12/h1,4-6,8-9H,2-3,7H2,(H2,13,17). The van der Waals surface area contributed by atoms with Gasteiger partial charge in [0.1, 0.15) is 6.04 Å². The molecule has 0 aromatic carbocycles. The van der Waals surface area contributed by atoms with Crippen molar-refractivity contribution in [1.82, 2.24) is 9.38 Å². The summed E-state index contributed by atoms with van der Waals surface area (Å²) in [4.78, 5) is 17.8. The molecule has 3 rings (SSSR count). The summed E-state index contributed by atoms with van der Waals surface area (Å²) in [6.07, 6.45) is 7.42. The number of anilines is 1. The zero-order chi connectivity index (χ0) is 11.8. The van der Waals surface area contributed by atoms with Crippen molar-refractivity contribution in [2.75, 3.05) is 11.4 Å². The summed E-state index contributed by atoms with van der Waals surface area (Å²) in [5.74, 6) is 0.580. The molecule has 1 saturated heterocycles. The number of nitrogens with two attached hydrogens (primary N) is 1.